The van der Waals surface area contributed by atoms with Gasteiger partial charge in [-0.1, -0.05) is 41.7 Å². The van der Waals surface area contributed by atoms with Crippen LogP contribution in [0.4, 0.5) is 0 Å². The van der Waals surface area contributed by atoms with Crippen LogP contribution in [-0.4, -0.2) is 16.7 Å². The van der Waals surface area contributed by atoms with Crippen LogP contribution in [0.1, 0.15) is 5.01 Å². The Labute approximate surface area is 86.6 Å². The molecular formula is C10H11N3S. The molecule has 72 valence electrons. The SMILES string of the molecule is NCCc1nnc(-c2ccccc2)s1. The van der Waals surface area contributed by atoms with E-state index in [1.54, 1.807) is 11.3 Å². The zero-order valence-electron chi connectivity index (χ0n) is 7.68. The molecule has 0 aliphatic carbocycles. The fourth-order valence-corrected chi connectivity index (χ4v) is 2.04. The van der Waals surface area contributed by atoms with E-state index in [2.05, 4.69) is 10.2 Å². The summed E-state index contributed by atoms with van der Waals surface area (Å²) in [6.07, 6.45) is 0.810. The van der Waals surface area contributed by atoms with Crippen molar-refractivity contribution in [2.45, 2.75) is 6.42 Å². The summed E-state index contributed by atoms with van der Waals surface area (Å²) in [5.74, 6) is 0. The van der Waals surface area contributed by atoms with Crippen molar-refractivity contribution in [2.75, 3.05) is 6.54 Å². The monoisotopic (exact) mass is 205 g/mol. The molecule has 2 N–H and O–H groups in total. The molecule has 2 aromatic rings. The Balaban J connectivity index is 2.25. The van der Waals surface area contributed by atoms with E-state index in [-0.39, 0.29) is 0 Å². The van der Waals surface area contributed by atoms with E-state index in [0.29, 0.717) is 6.54 Å². The van der Waals surface area contributed by atoms with E-state index >= 15 is 0 Å². The van der Waals surface area contributed by atoms with E-state index in [1.165, 1.54) is 0 Å². The fraction of sp³-hybridized carbons (Fsp3) is 0.200. The molecule has 3 nitrogen and oxygen atoms in total. The van der Waals surface area contributed by atoms with Crippen molar-refractivity contribution in [1.29, 1.82) is 0 Å². The lowest BCUT2D eigenvalue weighted by molar-refractivity contribution is 0.913. The quantitative estimate of drug-likeness (QED) is 0.829. The molecule has 0 unspecified atom stereocenters. The van der Waals surface area contributed by atoms with Crippen LogP contribution in [0.5, 0.6) is 0 Å². The van der Waals surface area contributed by atoms with Gasteiger partial charge in [0.25, 0.3) is 0 Å². The lowest BCUT2D eigenvalue weighted by Gasteiger charge is -1.91. The van der Waals surface area contributed by atoms with Gasteiger partial charge >= 0.3 is 0 Å². The second-order valence-electron chi connectivity index (χ2n) is 2.91. The first-order valence-electron chi connectivity index (χ1n) is 4.48. The fourth-order valence-electron chi connectivity index (χ4n) is 1.18. The largest absolute Gasteiger partial charge is 0.330 e. The number of benzene rings is 1. The minimum Gasteiger partial charge on any atom is -0.330 e. The molecule has 0 saturated carbocycles. The van der Waals surface area contributed by atoms with Crippen molar-refractivity contribution in [3.05, 3.63) is 35.3 Å². The van der Waals surface area contributed by atoms with Crippen LogP contribution in [0.15, 0.2) is 30.3 Å². The molecule has 0 aliphatic heterocycles. The maximum Gasteiger partial charge on any atom is 0.147 e. The van der Waals surface area contributed by atoms with E-state index in [1.807, 2.05) is 30.3 Å². The Kier molecular flexibility index (Phi) is 2.86. The molecule has 1 aromatic carbocycles. The van der Waals surface area contributed by atoms with Gasteiger partial charge in [-0.15, -0.1) is 10.2 Å². The Hall–Kier alpha value is -1.26. The Morgan fingerprint density at radius 2 is 1.93 bits per heavy atom. The van der Waals surface area contributed by atoms with Gasteiger partial charge in [0.05, 0.1) is 0 Å². The van der Waals surface area contributed by atoms with Crippen molar-refractivity contribution in [3.63, 3.8) is 0 Å². The lowest BCUT2D eigenvalue weighted by atomic mass is 10.2. The molecule has 14 heavy (non-hydrogen) atoms. The molecule has 0 saturated heterocycles. The first kappa shape index (κ1) is 9.30. The van der Waals surface area contributed by atoms with Crippen molar-refractivity contribution in [2.24, 2.45) is 5.73 Å². The molecule has 0 amide bonds. The predicted molar refractivity (Wildman–Crippen MR) is 58.1 cm³/mol. The van der Waals surface area contributed by atoms with E-state index < -0.39 is 0 Å². The van der Waals surface area contributed by atoms with Crippen LogP contribution in [0, 0.1) is 0 Å². The smallest absolute Gasteiger partial charge is 0.147 e. The van der Waals surface area contributed by atoms with E-state index in [0.717, 1.165) is 22.0 Å². The minimum absolute atomic E-state index is 0.628. The van der Waals surface area contributed by atoms with Crippen LogP contribution in [-0.2, 0) is 6.42 Å². The molecule has 0 radical (unpaired) electrons. The average Bonchev–Trinajstić information content (AvgIpc) is 2.68. The number of hydrogen-bond donors (Lipinski definition) is 1. The van der Waals surface area contributed by atoms with Gasteiger partial charge in [0, 0.05) is 12.0 Å². The van der Waals surface area contributed by atoms with Crippen molar-refractivity contribution >= 4 is 11.3 Å². The zero-order valence-corrected chi connectivity index (χ0v) is 8.50. The first-order chi connectivity index (χ1) is 6.90. The van der Waals surface area contributed by atoms with Gasteiger partial charge in [0.1, 0.15) is 10.0 Å². The Bertz CT molecular complexity index is 397. The highest BCUT2D eigenvalue weighted by Gasteiger charge is 2.04. The summed E-state index contributed by atoms with van der Waals surface area (Å²) in [7, 11) is 0. The molecule has 0 spiro atoms. The molecule has 4 heteroatoms. The summed E-state index contributed by atoms with van der Waals surface area (Å²) in [5.41, 5.74) is 6.57. The normalized spacial score (nSPS) is 10.4. The third-order valence-electron chi connectivity index (χ3n) is 1.85. The highest BCUT2D eigenvalue weighted by molar-refractivity contribution is 7.14. The third kappa shape index (κ3) is 1.97. The van der Waals surface area contributed by atoms with Crippen molar-refractivity contribution in [1.82, 2.24) is 10.2 Å². The summed E-state index contributed by atoms with van der Waals surface area (Å²) in [4.78, 5) is 0. The minimum atomic E-state index is 0.628. The van der Waals surface area contributed by atoms with Gasteiger partial charge in [-0.2, -0.15) is 0 Å². The van der Waals surface area contributed by atoms with Crippen molar-refractivity contribution in [3.8, 4) is 10.6 Å². The summed E-state index contributed by atoms with van der Waals surface area (Å²) in [5, 5.41) is 10.2. The molecule has 0 fully saturated rings. The zero-order chi connectivity index (χ0) is 9.80. The molecule has 1 aromatic heterocycles. The summed E-state index contributed by atoms with van der Waals surface area (Å²) < 4.78 is 0. The molecular weight excluding hydrogens is 194 g/mol. The van der Waals surface area contributed by atoms with Gasteiger partial charge in [-0.3, -0.25) is 0 Å². The second kappa shape index (κ2) is 4.30. The van der Waals surface area contributed by atoms with Gasteiger partial charge in [0.15, 0.2) is 0 Å². The standard InChI is InChI=1S/C10H11N3S/c11-7-6-9-12-13-10(14-9)8-4-2-1-3-5-8/h1-5H,6-7,11H2. The second-order valence-corrected chi connectivity index (χ2v) is 3.97. The average molecular weight is 205 g/mol. The third-order valence-corrected chi connectivity index (χ3v) is 2.88. The van der Waals surface area contributed by atoms with Crippen LogP contribution < -0.4 is 5.73 Å². The topological polar surface area (TPSA) is 51.8 Å². The number of nitrogens with two attached hydrogens (primary N) is 1. The maximum absolute atomic E-state index is 5.45. The summed E-state index contributed by atoms with van der Waals surface area (Å²) >= 11 is 1.61. The first-order valence-corrected chi connectivity index (χ1v) is 5.29. The Morgan fingerprint density at radius 1 is 1.14 bits per heavy atom. The number of hydrogen-bond acceptors (Lipinski definition) is 4. The van der Waals surface area contributed by atoms with Crippen LogP contribution in [0.3, 0.4) is 0 Å². The molecule has 1 heterocycles. The summed E-state index contributed by atoms with van der Waals surface area (Å²) in [6, 6.07) is 10.1. The molecule has 2 rings (SSSR count). The molecule has 0 aliphatic rings. The van der Waals surface area contributed by atoms with Gasteiger partial charge in [-0.05, 0) is 6.54 Å². The van der Waals surface area contributed by atoms with Crippen LogP contribution in [0.25, 0.3) is 10.6 Å². The van der Waals surface area contributed by atoms with E-state index in [9.17, 15) is 0 Å². The van der Waals surface area contributed by atoms with Crippen molar-refractivity contribution < 1.29 is 0 Å². The summed E-state index contributed by atoms with van der Waals surface area (Å²) in [6.45, 7) is 0.628. The van der Waals surface area contributed by atoms with Crippen LogP contribution >= 0.6 is 11.3 Å². The highest BCUT2D eigenvalue weighted by Crippen LogP contribution is 2.22. The number of nitrogens with zero attached hydrogens (tertiary/aromatic N) is 2. The lowest BCUT2D eigenvalue weighted by Crippen LogP contribution is -2.01. The predicted octanol–water partition coefficient (Wildman–Crippen LogP) is 1.71. The van der Waals surface area contributed by atoms with Gasteiger partial charge in [-0.25, -0.2) is 0 Å². The Morgan fingerprint density at radius 3 is 2.64 bits per heavy atom. The van der Waals surface area contributed by atoms with Crippen LogP contribution in [0.2, 0.25) is 0 Å². The maximum atomic E-state index is 5.45. The van der Waals surface area contributed by atoms with Gasteiger partial charge < -0.3 is 5.73 Å². The number of aromatic nitrogens is 2. The van der Waals surface area contributed by atoms with E-state index in [4.69, 9.17) is 5.73 Å². The molecule has 0 atom stereocenters. The molecule has 0 bridgehead atoms. The number of rotatable bonds is 3. The highest BCUT2D eigenvalue weighted by atomic mass is 32.1. The van der Waals surface area contributed by atoms with Gasteiger partial charge in [0.2, 0.25) is 0 Å².